The van der Waals surface area contributed by atoms with Crippen LogP contribution in [0.3, 0.4) is 0 Å². The zero-order valence-electron chi connectivity index (χ0n) is 13.6. The van der Waals surface area contributed by atoms with Crippen LogP contribution in [0.4, 0.5) is 0 Å². The van der Waals surface area contributed by atoms with Gasteiger partial charge >= 0.3 is 0 Å². The highest BCUT2D eigenvalue weighted by Gasteiger charge is 2.48. The summed E-state index contributed by atoms with van der Waals surface area (Å²) in [4.78, 5) is 26.9. The highest BCUT2D eigenvalue weighted by molar-refractivity contribution is 5.97. The van der Waals surface area contributed by atoms with Crippen molar-refractivity contribution >= 4 is 11.8 Å². The van der Waals surface area contributed by atoms with E-state index in [1.165, 1.54) is 0 Å². The molecule has 3 atom stereocenters. The lowest BCUT2D eigenvalue weighted by molar-refractivity contribution is -0.154. The van der Waals surface area contributed by atoms with Crippen molar-refractivity contribution in [1.82, 2.24) is 10.2 Å². The Bertz CT molecular complexity index is 423. The van der Waals surface area contributed by atoms with Gasteiger partial charge in [0.25, 0.3) is 0 Å². The van der Waals surface area contributed by atoms with E-state index < -0.39 is 6.04 Å². The van der Waals surface area contributed by atoms with Gasteiger partial charge < -0.3 is 10.2 Å². The molecule has 0 aromatic carbocycles. The molecule has 4 nitrogen and oxygen atoms in total. The fourth-order valence-electron chi connectivity index (χ4n) is 3.51. The summed E-state index contributed by atoms with van der Waals surface area (Å²) in [5.41, 5.74) is 0.0229. The van der Waals surface area contributed by atoms with Gasteiger partial charge in [0.15, 0.2) is 0 Å². The van der Waals surface area contributed by atoms with Crippen molar-refractivity contribution in [2.24, 2.45) is 10.8 Å². The number of amides is 2. The van der Waals surface area contributed by atoms with Crippen LogP contribution in [-0.4, -0.2) is 34.8 Å². The summed E-state index contributed by atoms with van der Waals surface area (Å²) in [5.74, 6) is 0.0709. The molecule has 1 saturated heterocycles. The van der Waals surface area contributed by atoms with Crippen molar-refractivity contribution in [3.8, 4) is 0 Å². The van der Waals surface area contributed by atoms with Crippen LogP contribution in [0.5, 0.6) is 0 Å². The van der Waals surface area contributed by atoms with Crippen LogP contribution in [0.1, 0.15) is 60.8 Å². The second-order valence-electron chi connectivity index (χ2n) is 8.29. The number of nitrogens with one attached hydrogen (secondary N) is 1. The van der Waals surface area contributed by atoms with Crippen LogP contribution in [-0.2, 0) is 9.59 Å². The van der Waals surface area contributed by atoms with E-state index in [1.54, 1.807) is 0 Å². The molecule has 1 aliphatic carbocycles. The van der Waals surface area contributed by atoms with Crippen LogP contribution in [0.2, 0.25) is 0 Å². The van der Waals surface area contributed by atoms with Crippen LogP contribution < -0.4 is 5.32 Å². The summed E-state index contributed by atoms with van der Waals surface area (Å²) < 4.78 is 0. The fraction of sp³-hybridized carbons (Fsp3) is 0.875. The lowest BCUT2D eigenvalue weighted by Gasteiger charge is -2.45. The molecule has 1 N–H and O–H groups in total. The minimum absolute atomic E-state index is 0.0192. The van der Waals surface area contributed by atoms with Gasteiger partial charge in [-0.1, -0.05) is 34.6 Å². The van der Waals surface area contributed by atoms with Gasteiger partial charge in [0.2, 0.25) is 11.8 Å². The van der Waals surface area contributed by atoms with E-state index >= 15 is 0 Å². The first-order chi connectivity index (χ1) is 9.03. The predicted molar refractivity (Wildman–Crippen MR) is 79.1 cm³/mol. The molecule has 0 spiro atoms. The van der Waals surface area contributed by atoms with Gasteiger partial charge in [0.1, 0.15) is 12.1 Å². The molecule has 3 unspecified atom stereocenters. The standard InChI is InChI=1S/C16H28N2O2/c1-10-13(19)17-12(15(2,3)4)14(20)18(10)11-7-8-16(5,6)9-11/h10-12H,7-9H2,1-6H3,(H,17,19). The van der Waals surface area contributed by atoms with E-state index in [1.807, 2.05) is 32.6 Å². The quantitative estimate of drug-likeness (QED) is 0.801. The zero-order chi connectivity index (χ0) is 15.3. The van der Waals surface area contributed by atoms with E-state index in [-0.39, 0.29) is 34.7 Å². The molecule has 114 valence electrons. The first-order valence-electron chi connectivity index (χ1n) is 7.65. The minimum Gasteiger partial charge on any atom is -0.342 e. The molecular formula is C16H28N2O2. The van der Waals surface area contributed by atoms with Gasteiger partial charge in [-0.15, -0.1) is 0 Å². The van der Waals surface area contributed by atoms with Crippen molar-refractivity contribution in [3.63, 3.8) is 0 Å². The third kappa shape index (κ3) is 2.70. The summed E-state index contributed by atoms with van der Waals surface area (Å²) in [7, 11) is 0. The van der Waals surface area contributed by atoms with E-state index in [9.17, 15) is 9.59 Å². The maximum absolute atomic E-state index is 12.8. The summed E-state index contributed by atoms with van der Waals surface area (Å²) in [6.45, 7) is 12.3. The summed E-state index contributed by atoms with van der Waals surface area (Å²) >= 11 is 0. The average molecular weight is 280 g/mol. The Balaban J connectivity index is 2.26. The average Bonchev–Trinajstić information content (AvgIpc) is 2.63. The second-order valence-corrected chi connectivity index (χ2v) is 8.29. The smallest absolute Gasteiger partial charge is 0.246 e. The van der Waals surface area contributed by atoms with Gasteiger partial charge in [-0.25, -0.2) is 0 Å². The minimum atomic E-state index is -0.407. The summed E-state index contributed by atoms with van der Waals surface area (Å²) in [6.07, 6.45) is 3.12. The number of rotatable bonds is 1. The summed E-state index contributed by atoms with van der Waals surface area (Å²) in [5, 5.41) is 2.90. The van der Waals surface area contributed by atoms with Gasteiger partial charge in [-0.2, -0.15) is 0 Å². The summed E-state index contributed by atoms with van der Waals surface area (Å²) in [6, 6.07) is -0.543. The Hall–Kier alpha value is -1.06. The lowest BCUT2D eigenvalue weighted by Crippen LogP contribution is -2.67. The van der Waals surface area contributed by atoms with Crippen LogP contribution in [0.25, 0.3) is 0 Å². The molecule has 2 rings (SSSR count). The molecule has 2 aliphatic rings. The topological polar surface area (TPSA) is 49.4 Å². The molecule has 1 heterocycles. The van der Waals surface area contributed by atoms with E-state index in [0.29, 0.717) is 0 Å². The number of piperazine rings is 1. The maximum atomic E-state index is 12.8. The number of hydrogen-bond donors (Lipinski definition) is 1. The van der Waals surface area contributed by atoms with Crippen LogP contribution in [0.15, 0.2) is 0 Å². The zero-order valence-corrected chi connectivity index (χ0v) is 13.6. The first kappa shape index (κ1) is 15.3. The Kier molecular flexibility index (Phi) is 3.64. The Morgan fingerprint density at radius 1 is 1.25 bits per heavy atom. The van der Waals surface area contributed by atoms with Gasteiger partial charge in [-0.3, -0.25) is 9.59 Å². The Labute approximate surface area is 122 Å². The Morgan fingerprint density at radius 2 is 1.85 bits per heavy atom. The molecule has 4 heteroatoms. The van der Waals surface area contributed by atoms with E-state index in [2.05, 4.69) is 19.2 Å². The van der Waals surface area contributed by atoms with Gasteiger partial charge in [0.05, 0.1) is 0 Å². The first-order valence-corrected chi connectivity index (χ1v) is 7.65. The third-order valence-corrected chi connectivity index (χ3v) is 4.79. The van der Waals surface area contributed by atoms with Crippen molar-refractivity contribution in [1.29, 1.82) is 0 Å². The highest BCUT2D eigenvalue weighted by atomic mass is 16.2. The largest absolute Gasteiger partial charge is 0.342 e. The van der Waals surface area contributed by atoms with Crippen molar-refractivity contribution in [3.05, 3.63) is 0 Å². The monoisotopic (exact) mass is 280 g/mol. The predicted octanol–water partition coefficient (Wildman–Crippen LogP) is 2.33. The number of carbonyl (C=O) groups is 2. The number of carbonyl (C=O) groups excluding carboxylic acids is 2. The third-order valence-electron chi connectivity index (χ3n) is 4.79. The molecule has 2 amide bonds. The highest BCUT2D eigenvalue weighted by Crippen LogP contribution is 2.41. The Morgan fingerprint density at radius 3 is 2.30 bits per heavy atom. The SMILES string of the molecule is CC1C(=O)NC(C(C)(C)C)C(=O)N1C1CCC(C)(C)C1. The molecule has 1 aliphatic heterocycles. The van der Waals surface area contributed by atoms with Crippen molar-refractivity contribution < 1.29 is 9.59 Å². The fourth-order valence-corrected chi connectivity index (χ4v) is 3.51. The van der Waals surface area contributed by atoms with Crippen LogP contribution in [0, 0.1) is 10.8 Å². The number of hydrogen-bond acceptors (Lipinski definition) is 2. The van der Waals surface area contributed by atoms with Crippen LogP contribution >= 0.6 is 0 Å². The molecule has 1 saturated carbocycles. The molecular weight excluding hydrogens is 252 g/mol. The molecule has 0 aromatic heterocycles. The molecule has 0 bridgehead atoms. The normalized spacial score (nSPS) is 34.3. The lowest BCUT2D eigenvalue weighted by atomic mass is 9.83. The maximum Gasteiger partial charge on any atom is 0.246 e. The molecule has 20 heavy (non-hydrogen) atoms. The van der Waals surface area contributed by atoms with E-state index in [4.69, 9.17) is 0 Å². The van der Waals surface area contributed by atoms with E-state index in [0.717, 1.165) is 19.3 Å². The second kappa shape index (κ2) is 4.74. The molecule has 0 aromatic rings. The van der Waals surface area contributed by atoms with Gasteiger partial charge in [0, 0.05) is 6.04 Å². The van der Waals surface area contributed by atoms with Crippen molar-refractivity contribution in [2.75, 3.05) is 0 Å². The van der Waals surface area contributed by atoms with Gasteiger partial charge in [-0.05, 0) is 37.0 Å². The number of nitrogens with zero attached hydrogens (tertiary/aromatic N) is 1. The molecule has 0 radical (unpaired) electrons. The van der Waals surface area contributed by atoms with Crippen molar-refractivity contribution in [2.45, 2.75) is 78.9 Å². The molecule has 2 fully saturated rings.